The topological polar surface area (TPSA) is 101 Å². The Kier molecular flexibility index (Phi) is 6.62. The van der Waals surface area contributed by atoms with Crippen LogP contribution in [0.1, 0.15) is 18.4 Å². The summed E-state index contributed by atoms with van der Waals surface area (Å²) in [6.07, 6.45) is 6.64. The van der Waals surface area contributed by atoms with Gasteiger partial charge in [-0.25, -0.2) is 23.5 Å². The SMILES string of the molecule is O=C(NCc1ccc(F)cc1)N1CCCC(Nc2nccc(-c3c(-c4ccc(F)cc4)nc4occn34)n2)C1. The zero-order valence-corrected chi connectivity index (χ0v) is 20.8. The second-order valence-corrected chi connectivity index (χ2v) is 9.35. The molecule has 0 saturated carbocycles. The summed E-state index contributed by atoms with van der Waals surface area (Å²) in [6.45, 7) is 1.45. The van der Waals surface area contributed by atoms with Crippen LogP contribution in [0.5, 0.6) is 0 Å². The maximum Gasteiger partial charge on any atom is 0.317 e. The van der Waals surface area contributed by atoms with E-state index in [4.69, 9.17) is 9.40 Å². The first-order chi connectivity index (χ1) is 19.0. The number of oxazole rings is 1. The van der Waals surface area contributed by atoms with E-state index in [1.807, 2.05) is 0 Å². The molecule has 3 aromatic heterocycles. The van der Waals surface area contributed by atoms with E-state index in [1.165, 1.54) is 24.3 Å². The van der Waals surface area contributed by atoms with Gasteiger partial charge in [0.1, 0.15) is 29.3 Å². The van der Waals surface area contributed by atoms with E-state index in [-0.39, 0.29) is 23.7 Å². The third-order valence-corrected chi connectivity index (χ3v) is 6.68. The maximum absolute atomic E-state index is 13.5. The average Bonchev–Trinajstić information content (AvgIpc) is 3.55. The minimum Gasteiger partial charge on any atom is -0.432 e. The minimum absolute atomic E-state index is 0.0403. The highest BCUT2D eigenvalue weighted by Crippen LogP contribution is 2.32. The number of carbonyl (C=O) groups is 1. The zero-order valence-electron chi connectivity index (χ0n) is 20.8. The fourth-order valence-electron chi connectivity index (χ4n) is 4.75. The molecule has 0 radical (unpaired) electrons. The number of piperidine rings is 1. The third-order valence-electron chi connectivity index (χ3n) is 6.68. The van der Waals surface area contributed by atoms with E-state index in [9.17, 15) is 13.6 Å². The molecule has 1 saturated heterocycles. The Labute approximate surface area is 222 Å². The molecule has 4 heterocycles. The highest BCUT2D eigenvalue weighted by Gasteiger charge is 2.25. The van der Waals surface area contributed by atoms with Gasteiger partial charge in [0.15, 0.2) is 0 Å². The molecule has 39 heavy (non-hydrogen) atoms. The molecular weight excluding hydrogens is 504 g/mol. The van der Waals surface area contributed by atoms with Crippen LogP contribution in [0, 0.1) is 11.6 Å². The zero-order chi connectivity index (χ0) is 26.8. The molecule has 2 amide bonds. The molecule has 0 spiro atoms. The molecule has 1 atom stereocenters. The van der Waals surface area contributed by atoms with Gasteiger partial charge in [-0.1, -0.05) is 12.1 Å². The van der Waals surface area contributed by atoms with Gasteiger partial charge in [-0.05, 0) is 60.9 Å². The smallest absolute Gasteiger partial charge is 0.317 e. The van der Waals surface area contributed by atoms with Gasteiger partial charge in [0.25, 0.3) is 0 Å². The van der Waals surface area contributed by atoms with E-state index in [0.717, 1.165) is 24.0 Å². The van der Waals surface area contributed by atoms with Crippen LogP contribution in [0.2, 0.25) is 0 Å². The van der Waals surface area contributed by atoms with Crippen molar-refractivity contribution in [2.45, 2.75) is 25.4 Å². The number of benzene rings is 2. The third kappa shape index (κ3) is 5.28. The van der Waals surface area contributed by atoms with Crippen molar-refractivity contribution >= 4 is 17.8 Å². The van der Waals surface area contributed by atoms with E-state index in [2.05, 4.69) is 20.6 Å². The summed E-state index contributed by atoms with van der Waals surface area (Å²) in [5, 5.41) is 6.27. The molecule has 2 aromatic carbocycles. The summed E-state index contributed by atoms with van der Waals surface area (Å²) in [5.74, 6) is 0.180. The lowest BCUT2D eigenvalue weighted by Gasteiger charge is -2.33. The van der Waals surface area contributed by atoms with Crippen LogP contribution < -0.4 is 10.6 Å². The predicted molar refractivity (Wildman–Crippen MR) is 141 cm³/mol. The Morgan fingerprint density at radius 2 is 1.79 bits per heavy atom. The number of carbonyl (C=O) groups excluding carboxylic acids is 1. The predicted octanol–water partition coefficient (Wildman–Crippen LogP) is 5.12. The number of fused-ring (bicyclic) bond motifs is 1. The Balaban J connectivity index is 1.17. The Hall–Kier alpha value is -4.80. The molecule has 1 aliphatic heterocycles. The van der Waals surface area contributed by atoms with Crippen molar-refractivity contribution in [3.63, 3.8) is 0 Å². The summed E-state index contributed by atoms with van der Waals surface area (Å²) >= 11 is 0. The molecule has 0 bridgehead atoms. The highest BCUT2D eigenvalue weighted by molar-refractivity contribution is 5.79. The van der Waals surface area contributed by atoms with Gasteiger partial charge in [0.2, 0.25) is 5.95 Å². The van der Waals surface area contributed by atoms with Gasteiger partial charge >= 0.3 is 11.9 Å². The standard InChI is InChI=1S/C28H25F2N7O2/c29-20-7-3-18(4-8-20)16-32-27(38)36-13-1-2-22(17-36)33-26-31-12-11-23(34-26)25-24(19-5-9-21(30)10-6-19)35-28-37(25)14-15-39-28/h3-12,14-15,22H,1-2,13,16-17H2,(H,32,38)(H,31,33,34). The van der Waals surface area contributed by atoms with Crippen molar-refractivity contribution in [2.75, 3.05) is 18.4 Å². The van der Waals surface area contributed by atoms with Crippen LogP contribution in [0.3, 0.4) is 0 Å². The number of rotatable bonds is 6. The number of hydrogen-bond donors (Lipinski definition) is 2. The van der Waals surface area contributed by atoms with Crippen LogP contribution in [0.4, 0.5) is 19.5 Å². The van der Waals surface area contributed by atoms with Gasteiger partial charge in [-0.3, -0.25) is 4.40 Å². The van der Waals surface area contributed by atoms with E-state index in [1.54, 1.807) is 58.3 Å². The molecule has 5 aromatic rings. The Morgan fingerprint density at radius 3 is 2.59 bits per heavy atom. The molecule has 1 aliphatic rings. The fraction of sp³-hybridized carbons (Fsp3) is 0.214. The normalized spacial score (nSPS) is 15.4. The number of hydrogen-bond acceptors (Lipinski definition) is 6. The van der Waals surface area contributed by atoms with Crippen LogP contribution in [0.15, 0.2) is 77.7 Å². The van der Waals surface area contributed by atoms with Crippen LogP contribution >= 0.6 is 0 Å². The summed E-state index contributed by atoms with van der Waals surface area (Å²) < 4.78 is 34.0. The molecule has 1 fully saturated rings. The first-order valence-electron chi connectivity index (χ1n) is 12.6. The van der Waals surface area contributed by atoms with Crippen molar-refractivity contribution < 1.29 is 18.0 Å². The molecule has 2 N–H and O–H groups in total. The van der Waals surface area contributed by atoms with Crippen molar-refractivity contribution in [3.8, 4) is 22.6 Å². The number of aromatic nitrogens is 4. The molecule has 6 rings (SSSR count). The first-order valence-corrected chi connectivity index (χ1v) is 12.6. The van der Waals surface area contributed by atoms with Crippen LogP contribution in [-0.2, 0) is 6.54 Å². The van der Waals surface area contributed by atoms with Gasteiger partial charge in [0, 0.05) is 43.6 Å². The largest absolute Gasteiger partial charge is 0.432 e. The number of nitrogens with zero attached hydrogens (tertiary/aromatic N) is 5. The Bertz CT molecular complexity index is 1600. The van der Waals surface area contributed by atoms with E-state index < -0.39 is 0 Å². The number of anilines is 1. The second-order valence-electron chi connectivity index (χ2n) is 9.35. The average molecular weight is 530 g/mol. The lowest BCUT2D eigenvalue weighted by molar-refractivity contribution is 0.182. The summed E-state index contributed by atoms with van der Waals surface area (Å²) in [7, 11) is 0. The van der Waals surface area contributed by atoms with Crippen LogP contribution in [0.25, 0.3) is 28.5 Å². The van der Waals surface area contributed by atoms with Crippen LogP contribution in [-0.4, -0.2) is 49.4 Å². The fourth-order valence-corrected chi connectivity index (χ4v) is 4.75. The number of urea groups is 1. The van der Waals surface area contributed by atoms with E-state index in [0.29, 0.717) is 48.5 Å². The van der Waals surface area contributed by atoms with Gasteiger partial charge < -0.3 is 20.0 Å². The quantitative estimate of drug-likeness (QED) is 0.317. The molecule has 9 nitrogen and oxygen atoms in total. The minimum atomic E-state index is -0.331. The number of amides is 2. The monoisotopic (exact) mass is 529 g/mol. The lowest BCUT2D eigenvalue weighted by Crippen LogP contribution is -2.49. The molecule has 1 unspecified atom stereocenters. The summed E-state index contributed by atoms with van der Waals surface area (Å²) in [6, 6.07) is 13.7. The van der Waals surface area contributed by atoms with Gasteiger partial charge in [-0.2, -0.15) is 4.98 Å². The molecule has 11 heteroatoms. The van der Waals surface area contributed by atoms with Crippen molar-refractivity contribution in [1.29, 1.82) is 0 Å². The molecular formula is C28H25F2N7O2. The lowest BCUT2D eigenvalue weighted by atomic mass is 10.1. The number of likely N-dealkylation sites (tertiary alicyclic amines) is 1. The van der Waals surface area contributed by atoms with Gasteiger partial charge in [0.05, 0.1) is 5.69 Å². The Morgan fingerprint density at radius 1 is 1.03 bits per heavy atom. The summed E-state index contributed by atoms with van der Waals surface area (Å²) in [5.41, 5.74) is 3.48. The molecule has 0 aliphatic carbocycles. The number of nitrogens with one attached hydrogen (secondary N) is 2. The number of imidazole rings is 1. The van der Waals surface area contributed by atoms with Crippen molar-refractivity contribution in [1.82, 2.24) is 29.6 Å². The highest BCUT2D eigenvalue weighted by atomic mass is 19.1. The molecule has 198 valence electrons. The summed E-state index contributed by atoms with van der Waals surface area (Å²) in [4.78, 5) is 28.3. The van der Waals surface area contributed by atoms with Gasteiger partial charge in [-0.15, -0.1) is 0 Å². The van der Waals surface area contributed by atoms with Crippen molar-refractivity contribution in [3.05, 3.63) is 90.5 Å². The first kappa shape index (κ1) is 24.5. The maximum atomic E-state index is 13.5. The van der Waals surface area contributed by atoms with Crippen molar-refractivity contribution in [2.24, 2.45) is 0 Å². The number of halogens is 2. The second kappa shape index (κ2) is 10.5. The van der Waals surface area contributed by atoms with E-state index >= 15 is 0 Å².